The van der Waals surface area contributed by atoms with Crippen molar-refractivity contribution in [3.05, 3.63) is 51.5 Å². The van der Waals surface area contributed by atoms with E-state index < -0.39 is 0 Å². The first-order chi connectivity index (χ1) is 10.2. The summed E-state index contributed by atoms with van der Waals surface area (Å²) in [4.78, 5) is 8.75. The zero-order valence-electron chi connectivity index (χ0n) is 12.6. The summed E-state index contributed by atoms with van der Waals surface area (Å²) >= 11 is 1.86. The Hall–Kier alpha value is -1.23. The average molecular weight is 301 g/mol. The van der Waals surface area contributed by atoms with E-state index in [2.05, 4.69) is 35.2 Å². The van der Waals surface area contributed by atoms with Crippen molar-refractivity contribution in [1.82, 2.24) is 9.88 Å². The maximum absolute atomic E-state index is 5.88. The number of nitrogens with zero attached hydrogens (tertiary/aromatic N) is 2. The van der Waals surface area contributed by atoms with Crippen molar-refractivity contribution in [3.8, 4) is 0 Å². The van der Waals surface area contributed by atoms with E-state index in [1.807, 2.05) is 18.3 Å². The van der Waals surface area contributed by atoms with Gasteiger partial charge in [0.25, 0.3) is 0 Å². The number of hydrogen-bond donors (Lipinski definition) is 1. The van der Waals surface area contributed by atoms with Gasteiger partial charge in [0.05, 0.1) is 10.7 Å². The molecule has 0 bridgehead atoms. The minimum Gasteiger partial charge on any atom is -0.328 e. The molecule has 0 saturated carbocycles. The lowest BCUT2D eigenvalue weighted by Crippen LogP contribution is -2.31. The molecule has 1 aliphatic heterocycles. The van der Waals surface area contributed by atoms with Crippen molar-refractivity contribution in [2.75, 3.05) is 13.1 Å². The number of rotatable bonds is 5. The Balaban J connectivity index is 1.58. The summed E-state index contributed by atoms with van der Waals surface area (Å²) in [5.41, 5.74) is 8.61. The van der Waals surface area contributed by atoms with Gasteiger partial charge in [0.2, 0.25) is 0 Å². The van der Waals surface area contributed by atoms with Gasteiger partial charge in [0.15, 0.2) is 0 Å². The van der Waals surface area contributed by atoms with E-state index in [1.165, 1.54) is 21.1 Å². The maximum atomic E-state index is 5.88. The first-order valence-corrected chi connectivity index (χ1v) is 8.51. The minimum absolute atomic E-state index is 0.201. The largest absolute Gasteiger partial charge is 0.328 e. The zero-order valence-corrected chi connectivity index (χ0v) is 13.4. The molecule has 0 saturated heterocycles. The molecule has 4 heteroatoms. The van der Waals surface area contributed by atoms with Gasteiger partial charge in [-0.1, -0.05) is 30.3 Å². The second-order valence-corrected chi connectivity index (χ2v) is 7.09. The van der Waals surface area contributed by atoms with Crippen molar-refractivity contribution in [2.45, 2.75) is 38.8 Å². The van der Waals surface area contributed by atoms with Crippen molar-refractivity contribution >= 4 is 11.3 Å². The van der Waals surface area contributed by atoms with Crippen LogP contribution in [0.2, 0.25) is 0 Å². The van der Waals surface area contributed by atoms with Crippen LogP contribution in [0.15, 0.2) is 30.3 Å². The van der Waals surface area contributed by atoms with Crippen LogP contribution >= 0.6 is 11.3 Å². The highest BCUT2D eigenvalue weighted by Crippen LogP contribution is 2.25. The molecule has 1 aliphatic rings. The van der Waals surface area contributed by atoms with Gasteiger partial charge in [0.1, 0.15) is 0 Å². The van der Waals surface area contributed by atoms with E-state index in [0.717, 1.165) is 38.9 Å². The Kier molecular flexibility index (Phi) is 4.68. The van der Waals surface area contributed by atoms with Gasteiger partial charge in [-0.05, 0) is 18.9 Å². The van der Waals surface area contributed by atoms with Crippen LogP contribution < -0.4 is 5.73 Å². The van der Waals surface area contributed by atoms with Gasteiger partial charge >= 0.3 is 0 Å². The summed E-state index contributed by atoms with van der Waals surface area (Å²) in [5, 5.41) is 1.21. The molecular formula is C17H23N3S. The molecule has 2 N–H and O–H groups in total. The molecule has 1 aromatic heterocycles. The predicted molar refractivity (Wildman–Crippen MR) is 88.6 cm³/mol. The lowest BCUT2D eigenvalue weighted by Gasteiger charge is -2.25. The highest BCUT2D eigenvalue weighted by molar-refractivity contribution is 7.11. The van der Waals surface area contributed by atoms with Gasteiger partial charge < -0.3 is 5.73 Å². The first-order valence-electron chi connectivity index (χ1n) is 7.70. The standard InChI is InChI=1S/C17H23N3S/c1-13(18)11-17-19-15-8-10-20(12-16(15)21-17)9-7-14-5-3-2-4-6-14/h2-6,13H,7-12,18H2,1H3. The fourth-order valence-corrected chi connectivity index (χ4v) is 4.09. The molecule has 0 radical (unpaired) electrons. The second kappa shape index (κ2) is 6.69. The predicted octanol–water partition coefficient (Wildman–Crippen LogP) is 2.63. The quantitative estimate of drug-likeness (QED) is 0.923. The molecule has 1 atom stereocenters. The molecule has 3 rings (SSSR count). The molecule has 2 aromatic rings. The highest BCUT2D eigenvalue weighted by Gasteiger charge is 2.20. The number of aromatic nitrogens is 1. The van der Waals surface area contributed by atoms with Crippen LogP contribution in [0.1, 0.15) is 28.1 Å². The monoisotopic (exact) mass is 301 g/mol. The summed E-state index contributed by atoms with van der Waals surface area (Å²) in [6, 6.07) is 10.9. The normalized spacial score (nSPS) is 16.7. The molecule has 3 nitrogen and oxygen atoms in total. The van der Waals surface area contributed by atoms with E-state index in [1.54, 1.807) is 0 Å². The van der Waals surface area contributed by atoms with Crippen molar-refractivity contribution < 1.29 is 0 Å². The summed E-state index contributed by atoms with van der Waals surface area (Å²) in [7, 11) is 0. The third-order valence-electron chi connectivity index (χ3n) is 3.91. The number of nitrogens with two attached hydrogens (primary N) is 1. The van der Waals surface area contributed by atoms with Gasteiger partial charge in [-0.25, -0.2) is 4.98 Å². The molecule has 21 heavy (non-hydrogen) atoms. The third kappa shape index (κ3) is 3.90. The van der Waals surface area contributed by atoms with Gasteiger partial charge in [-0.3, -0.25) is 4.90 Å². The summed E-state index contributed by atoms with van der Waals surface area (Å²) < 4.78 is 0. The highest BCUT2D eigenvalue weighted by atomic mass is 32.1. The van der Waals surface area contributed by atoms with Gasteiger partial charge in [0, 0.05) is 43.4 Å². The number of hydrogen-bond acceptors (Lipinski definition) is 4. The molecule has 0 aliphatic carbocycles. The van der Waals surface area contributed by atoms with Crippen LogP contribution in [0.4, 0.5) is 0 Å². The van der Waals surface area contributed by atoms with Gasteiger partial charge in [-0.15, -0.1) is 11.3 Å². The number of benzene rings is 1. The van der Waals surface area contributed by atoms with Crippen LogP contribution in [0.5, 0.6) is 0 Å². The van der Waals surface area contributed by atoms with Crippen molar-refractivity contribution in [1.29, 1.82) is 0 Å². The van der Waals surface area contributed by atoms with Crippen LogP contribution in [-0.2, 0) is 25.8 Å². The van der Waals surface area contributed by atoms with Crippen LogP contribution in [0.25, 0.3) is 0 Å². The van der Waals surface area contributed by atoms with E-state index in [9.17, 15) is 0 Å². The molecule has 1 unspecified atom stereocenters. The molecule has 0 fully saturated rings. The fourth-order valence-electron chi connectivity index (χ4n) is 2.79. The summed E-state index contributed by atoms with van der Waals surface area (Å²) in [5.74, 6) is 0. The summed E-state index contributed by atoms with van der Waals surface area (Å²) in [6.07, 6.45) is 3.11. The molecule has 0 spiro atoms. The maximum Gasteiger partial charge on any atom is 0.0946 e. The topological polar surface area (TPSA) is 42.1 Å². The lowest BCUT2D eigenvalue weighted by atomic mass is 10.1. The van der Waals surface area contributed by atoms with E-state index in [-0.39, 0.29) is 6.04 Å². The molecule has 1 aromatic carbocycles. The average Bonchev–Trinajstić information content (AvgIpc) is 2.86. The SMILES string of the molecule is CC(N)Cc1nc2c(s1)CN(CCc1ccccc1)CC2. The van der Waals surface area contributed by atoms with Crippen LogP contribution in [0, 0.1) is 0 Å². The summed E-state index contributed by atoms with van der Waals surface area (Å²) in [6.45, 7) is 5.36. The zero-order chi connectivity index (χ0) is 14.7. The Morgan fingerprint density at radius 3 is 2.90 bits per heavy atom. The Morgan fingerprint density at radius 2 is 2.14 bits per heavy atom. The fraction of sp³-hybridized carbons (Fsp3) is 0.471. The smallest absolute Gasteiger partial charge is 0.0946 e. The molecule has 112 valence electrons. The van der Waals surface area contributed by atoms with E-state index >= 15 is 0 Å². The van der Waals surface area contributed by atoms with Crippen molar-refractivity contribution in [3.63, 3.8) is 0 Å². The van der Waals surface area contributed by atoms with Crippen LogP contribution in [-0.4, -0.2) is 29.0 Å². The second-order valence-electron chi connectivity index (χ2n) is 5.92. The third-order valence-corrected chi connectivity index (χ3v) is 5.02. The van der Waals surface area contributed by atoms with Gasteiger partial charge in [-0.2, -0.15) is 0 Å². The van der Waals surface area contributed by atoms with E-state index in [4.69, 9.17) is 10.7 Å². The lowest BCUT2D eigenvalue weighted by molar-refractivity contribution is 0.259. The molecule has 2 heterocycles. The molecule has 0 amide bonds. The van der Waals surface area contributed by atoms with Crippen molar-refractivity contribution in [2.24, 2.45) is 5.73 Å². The Bertz CT molecular complexity index is 577. The number of fused-ring (bicyclic) bond motifs is 1. The van der Waals surface area contributed by atoms with E-state index in [0.29, 0.717) is 0 Å². The number of thiazole rings is 1. The Labute approximate surface area is 130 Å². The first kappa shape index (κ1) is 14.7. The Morgan fingerprint density at radius 1 is 1.33 bits per heavy atom. The van der Waals surface area contributed by atoms with Crippen LogP contribution in [0.3, 0.4) is 0 Å². The minimum atomic E-state index is 0.201. The molecular weight excluding hydrogens is 278 g/mol.